The second kappa shape index (κ2) is 5.87. The molecule has 1 amide bonds. The Labute approximate surface area is 115 Å². The van der Waals surface area contributed by atoms with Crippen molar-refractivity contribution in [3.05, 3.63) is 34.3 Å². The van der Waals surface area contributed by atoms with Crippen LogP contribution in [0.3, 0.4) is 0 Å². The Balaban J connectivity index is 1.93. The molecule has 92 valence electrons. The van der Waals surface area contributed by atoms with Crippen molar-refractivity contribution in [2.45, 2.75) is 24.6 Å². The molecule has 0 atom stereocenters. The lowest BCUT2D eigenvalue weighted by atomic mass is 10.1. The summed E-state index contributed by atoms with van der Waals surface area (Å²) in [6, 6.07) is 7.90. The van der Waals surface area contributed by atoms with Gasteiger partial charge in [0.1, 0.15) is 0 Å². The Morgan fingerprint density at radius 1 is 1.41 bits per heavy atom. The Kier molecular flexibility index (Phi) is 4.46. The quantitative estimate of drug-likeness (QED) is 0.767. The molecule has 1 heterocycles. The van der Waals surface area contributed by atoms with E-state index in [-0.39, 0.29) is 11.3 Å². The molecule has 2 rings (SSSR count). The number of hydrogen-bond acceptors (Lipinski definition) is 1. The van der Waals surface area contributed by atoms with Crippen molar-refractivity contribution < 1.29 is 4.79 Å². The molecular weight excluding hydrogens is 302 g/mol. The van der Waals surface area contributed by atoms with E-state index in [9.17, 15) is 4.79 Å². The summed E-state index contributed by atoms with van der Waals surface area (Å²) in [5, 5.41) is 0.241. The Morgan fingerprint density at radius 3 is 2.76 bits per heavy atom. The number of piperidine rings is 1. The van der Waals surface area contributed by atoms with Gasteiger partial charge in [-0.25, -0.2) is 0 Å². The molecule has 1 fully saturated rings. The summed E-state index contributed by atoms with van der Waals surface area (Å²) in [5.74, 6) is 0.201. The highest BCUT2D eigenvalue weighted by Gasteiger charge is 2.21. The molecule has 17 heavy (non-hydrogen) atoms. The van der Waals surface area contributed by atoms with Crippen LogP contribution in [0.15, 0.2) is 28.7 Å². The topological polar surface area (TPSA) is 20.3 Å². The lowest BCUT2D eigenvalue weighted by Gasteiger charge is -2.29. The average molecular weight is 317 g/mol. The van der Waals surface area contributed by atoms with Crippen molar-refractivity contribution in [1.82, 2.24) is 4.90 Å². The largest absolute Gasteiger partial charge is 0.342 e. The first kappa shape index (κ1) is 12.9. The molecule has 0 aliphatic carbocycles. The molecular formula is C13H15BrClNO. The van der Waals surface area contributed by atoms with E-state index in [1.165, 1.54) is 0 Å². The monoisotopic (exact) mass is 315 g/mol. The van der Waals surface area contributed by atoms with Gasteiger partial charge in [0, 0.05) is 22.9 Å². The number of halogens is 2. The summed E-state index contributed by atoms with van der Waals surface area (Å²) in [5.41, 5.74) is 1.05. The maximum atomic E-state index is 12.1. The summed E-state index contributed by atoms with van der Waals surface area (Å²) < 4.78 is 1.02. The molecule has 2 nitrogen and oxygen atoms in total. The van der Waals surface area contributed by atoms with E-state index in [2.05, 4.69) is 15.9 Å². The number of amides is 1. The molecule has 1 aliphatic rings. The van der Waals surface area contributed by atoms with Crippen LogP contribution in [0, 0.1) is 0 Å². The fourth-order valence-electron chi connectivity index (χ4n) is 2.03. The minimum atomic E-state index is 0.201. The molecule has 1 saturated heterocycles. The molecule has 0 aromatic heterocycles. The van der Waals surface area contributed by atoms with Crippen molar-refractivity contribution in [1.29, 1.82) is 0 Å². The highest BCUT2D eigenvalue weighted by molar-refractivity contribution is 9.10. The molecule has 4 heteroatoms. The number of nitrogens with zero attached hydrogens (tertiary/aromatic N) is 1. The average Bonchev–Trinajstić information content (AvgIpc) is 2.29. The van der Waals surface area contributed by atoms with Crippen molar-refractivity contribution in [3.63, 3.8) is 0 Å². The maximum absolute atomic E-state index is 12.1. The van der Waals surface area contributed by atoms with Gasteiger partial charge in [-0.15, -0.1) is 11.6 Å². The fraction of sp³-hybridized carbons (Fsp3) is 0.462. The summed E-state index contributed by atoms with van der Waals surface area (Å²) in [6.45, 7) is 1.59. The fourth-order valence-corrected chi connectivity index (χ4v) is 2.67. The van der Waals surface area contributed by atoms with E-state index in [1.807, 2.05) is 29.2 Å². The summed E-state index contributed by atoms with van der Waals surface area (Å²) in [7, 11) is 0. The molecule has 0 bridgehead atoms. The van der Waals surface area contributed by atoms with Crippen LogP contribution >= 0.6 is 27.5 Å². The normalized spacial score (nSPS) is 17.2. The van der Waals surface area contributed by atoms with Gasteiger partial charge >= 0.3 is 0 Å². The molecule has 0 saturated carbocycles. The van der Waals surface area contributed by atoms with Crippen molar-refractivity contribution in [3.8, 4) is 0 Å². The van der Waals surface area contributed by atoms with E-state index < -0.39 is 0 Å². The van der Waals surface area contributed by atoms with E-state index >= 15 is 0 Å². The van der Waals surface area contributed by atoms with Crippen molar-refractivity contribution >= 4 is 33.4 Å². The summed E-state index contributed by atoms with van der Waals surface area (Å²) >= 11 is 9.44. The second-order valence-corrected chi connectivity index (χ2v) is 5.90. The lowest BCUT2D eigenvalue weighted by molar-refractivity contribution is -0.131. The molecule has 0 spiro atoms. The molecule has 0 N–H and O–H groups in total. The van der Waals surface area contributed by atoms with Gasteiger partial charge in [-0.3, -0.25) is 4.79 Å². The Bertz CT molecular complexity index is 402. The van der Waals surface area contributed by atoms with E-state index in [0.717, 1.165) is 36.0 Å². The van der Waals surface area contributed by atoms with E-state index in [4.69, 9.17) is 11.6 Å². The molecule has 0 radical (unpaired) electrons. The van der Waals surface area contributed by atoms with Crippen LogP contribution < -0.4 is 0 Å². The SMILES string of the molecule is O=C(Cc1cccc(Br)c1)N1CCC(Cl)CC1. The van der Waals surface area contributed by atoms with Crippen molar-refractivity contribution in [2.75, 3.05) is 13.1 Å². The van der Waals surface area contributed by atoms with E-state index in [1.54, 1.807) is 0 Å². The first-order valence-corrected chi connectivity index (χ1v) is 7.04. The number of benzene rings is 1. The third kappa shape index (κ3) is 3.71. The van der Waals surface area contributed by atoms with Gasteiger partial charge < -0.3 is 4.90 Å². The third-order valence-corrected chi connectivity index (χ3v) is 3.95. The van der Waals surface area contributed by atoms with E-state index in [0.29, 0.717) is 6.42 Å². The number of carbonyl (C=O) groups excluding carboxylic acids is 1. The smallest absolute Gasteiger partial charge is 0.226 e. The minimum Gasteiger partial charge on any atom is -0.342 e. The zero-order chi connectivity index (χ0) is 12.3. The van der Waals surface area contributed by atoms with Gasteiger partial charge in [0.15, 0.2) is 0 Å². The zero-order valence-electron chi connectivity index (χ0n) is 9.53. The van der Waals surface area contributed by atoms with Crippen LogP contribution in [0.2, 0.25) is 0 Å². The summed E-state index contributed by atoms with van der Waals surface area (Å²) in [6.07, 6.45) is 2.30. The van der Waals surface area contributed by atoms with Gasteiger partial charge in [-0.1, -0.05) is 28.1 Å². The minimum absolute atomic E-state index is 0.201. The second-order valence-electron chi connectivity index (χ2n) is 4.36. The lowest BCUT2D eigenvalue weighted by Crippen LogP contribution is -2.39. The van der Waals surface area contributed by atoms with Crippen molar-refractivity contribution in [2.24, 2.45) is 0 Å². The van der Waals surface area contributed by atoms with Crippen LogP contribution in [0.4, 0.5) is 0 Å². The van der Waals surface area contributed by atoms with Crippen LogP contribution in [0.5, 0.6) is 0 Å². The third-order valence-electron chi connectivity index (χ3n) is 3.02. The molecule has 1 aromatic carbocycles. The molecule has 1 aliphatic heterocycles. The van der Waals surface area contributed by atoms with Gasteiger partial charge in [-0.2, -0.15) is 0 Å². The van der Waals surface area contributed by atoms with Gasteiger partial charge in [0.05, 0.1) is 6.42 Å². The van der Waals surface area contributed by atoms with Crippen LogP contribution in [-0.4, -0.2) is 29.3 Å². The Morgan fingerprint density at radius 2 is 2.12 bits per heavy atom. The number of alkyl halides is 1. The first-order chi connectivity index (χ1) is 8.15. The van der Waals surface area contributed by atoms with Crippen LogP contribution in [0.25, 0.3) is 0 Å². The number of hydrogen-bond donors (Lipinski definition) is 0. The van der Waals surface area contributed by atoms with Crippen LogP contribution in [0.1, 0.15) is 18.4 Å². The Hall–Kier alpha value is -0.540. The first-order valence-electron chi connectivity index (χ1n) is 5.81. The predicted molar refractivity (Wildman–Crippen MR) is 73.3 cm³/mol. The number of rotatable bonds is 2. The standard InChI is InChI=1S/C13H15BrClNO/c14-11-3-1-2-10(8-11)9-13(17)16-6-4-12(15)5-7-16/h1-3,8,12H,4-7,9H2. The van der Waals surface area contributed by atoms with Crippen LogP contribution in [-0.2, 0) is 11.2 Å². The number of likely N-dealkylation sites (tertiary alicyclic amines) is 1. The maximum Gasteiger partial charge on any atom is 0.226 e. The predicted octanol–water partition coefficient (Wildman–Crippen LogP) is 3.22. The van der Waals surface area contributed by atoms with Gasteiger partial charge in [0.25, 0.3) is 0 Å². The van der Waals surface area contributed by atoms with Gasteiger partial charge in [0.2, 0.25) is 5.91 Å². The molecule has 0 unspecified atom stereocenters. The highest BCUT2D eigenvalue weighted by Crippen LogP contribution is 2.17. The molecule has 1 aromatic rings. The number of carbonyl (C=O) groups is 1. The highest BCUT2D eigenvalue weighted by atomic mass is 79.9. The zero-order valence-corrected chi connectivity index (χ0v) is 11.9. The summed E-state index contributed by atoms with van der Waals surface area (Å²) in [4.78, 5) is 14.0. The van der Waals surface area contributed by atoms with Gasteiger partial charge in [-0.05, 0) is 30.5 Å².